The van der Waals surface area contributed by atoms with Crippen LogP contribution in [-0.4, -0.2) is 20.0 Å². The van der Waals surface area contributed by atoms with E-state index in [0.717, 1.165) is 27.2 Å². The van der Waals surface area contributed by atoms with Crippen LogP contribution in [0.15, 0.2) is 9.85 Å². The van der Waals surface area contributed by atoms with Crippen LogP contribution in [-0.2, 0) is 12.8 Å². The average molecular weight is 241 g/mol. The molecule has 0 saturated heterocycles. The summed E-state index contributed by atoms with van der Waals surface area (Å²) in [6.07, 6.45) is 0. The summed E-state index contributed by atoms with van der Waals surface area (Å²) in [5.41, 5.74) is 9.68. The first-order valence-electron chi connectivity index (χ1n) is 4.35. The fourth-order valence-electron chi connectivity index (χ4n) is 1.26. The minimum absolute atomic E-state index is 0.726. The maximum absolute atomic E-state index is 5.90. The Morgan fingerprint density at radius 2 is 2.40 bits per heavy atom. The van der Waals surface area contributed by atoms with Gasteiger partial charge in [0.05, 0.1) is 5.69 Å². The largest absolute Gasteiger partial charge is 0.384 e. The molecule has 0 aromatic carbocycles. The molecular formula is C8H11N5S2. The molecular weight excluding hydrogens is 230 g/mol. The maximum atomic E-state index is 5.90. The van der Waals surface area contributed by atoms with Crippen molar-refractivity contribution < 1.29 is 0 Å². The van der Waals surface area contributed by atoms with Crippen molar-refractivity contribution in [3.05, 3.63) is 16.8 Å². The lowest BCUT2D eigenvalue weighted by molar-refractivity contribution is 0.767. The summed E-state index contributed by atoms with van der Waals surface area (Å²) in [6.45, 7) is 1.96. The molecule has 0 radical (unpaired) electrons. The Labute approximate surface area is 95.7 Å². The van der Waals surface area contributed by atoms with Crippen LogP contribution in [0.1, 0.15) is 11.3 Å². The van der Waals surface area contributed by atoms with E-state index < -0.39 is 0 Å². The van der Waals surface area contributed by atoms with Crippen LogP contribution >= 0.6 is 23.1 Å². The average Bonchev–Trinajstić information content (AvgIpc) is 2.76. The monoisotopic (exact) mass is 241 g/mol. The fraction of sp³-hybridized carbons (Fsp3) is 0.375. The van der Waals surface area contributed by atoms with E-state index in [9.17, 15) is 0 Å². The minimum atomic E-state index is 0.726. The van der Waals surface area contributed by atoms with E-state index in [-0.39, 0.29) is 0 Å². The van der Waals surface area contributed by atoms with Crippen molar-refractivity contribution in [2.24, 2.45) is 7.05 Å². The standard InChI is InChI=1S/C8H11N5S2/c1-5-6(7(9)13(2)12-5)3-14-8-11-10-4-15-8/h4H,3,9H2,1-2H3. The smallest absolute Gasteiger partial charge is 0.174 e. The molecule has 0 fully saturated rings. The lowest BCUT2D eigenvalue weighted by atomic mass is 10.3. The van der Waals surface area contributed by atoms with Crippen LogP contribution in [0.3, 0.4) is 0 Å². The second-order valence-corrected chi connectivity index (χ2v) is 5.12. The third-order valence-corrected chi connectivity index (χ3v) is 3.96. The molecule has 0 bridgehead atoms. The van der Waals surface area contributed by atoms with Crippen LogP contribution in [0.5, 0.6) is 0 Å². The zero-order chi connectivity index (χ0) is 10.8. The number of anilines is 1. The van der Waals surface area contributed by atoms with E-state index in [1.54, 1.807) is 22.0 Å². The highest BCUT2D eigenvalue weighted by Gasteiger charge is 2.11. The number of thioether (sulfide) groups is 1. The molecule has 0 atom stereocenters. The summed E-state index contributed by atoms with van der Waals surface area (Å²) in [6, 6.07) is 0. The number of hydrogen-bond donors (Lipinski definition) is 1. The molecule has 15 heavy (non-hydrogen) atoms. The van der Waals surface area contributed by atoms with Crippen molar-refractivity contribution in [3.8, 4) is 0 Å². The van der Waals surface area contributed by atoms with Gasteiger partial charge in [0, 0.05) is 18.4 Å². The van der Waals surface area contributed by atoms with Gasteiger partial charge in [-0.2, -0.15) is 5.10 Å². The summed E-state index contributed by atoms with van der Waals surface area (Å²) in [5, 5.41) is 12.0. The predicted molar refractivity (Wildman–Crippen MR) is 61.8 cm³/mol. The van der Waals surface area contributed by atoms with Crippen molar-refractivity contribution in [3.63, 3.8) is 0 Å². The molecule has 0 amide bonds. The molecule has 7 heteroatoms. The number of hydrogen-bond acceptors (Lipinski definition) is 6. The highest BCUT2D eigenvalue weighted by molar-refractivity contribution is 8.00. The minimum Gasteiger partial charge on any atom is -0.384 e. The molecule has 80 valence electrons. The highest BCUT2D eigenvalue weighted by Crippen LogP contribution is 2.27. The number of nitrogens with zero attached hydrogens (tertiary/aromatic N) is 4. The Morgan fingerprint density at radius 1 is 1.60 bits per heavy atom. The molecule has 2 heterocycles. The van der Waals surface area contributed by atoms with Crippen molar-refractivity contribution in [2.75, 3.05) is 5.73 Å². The van der Waals surface area contributed by atoms with Crippen molar-refractivity contribution in [1.29, 1.82) is 0 Å². The summed E-state index contributed by atoms with van der Waals surface area (Å²) in [5.74, 6) is 1.52. The van der Waals surface area contributed by atoms with Crippen LogP contribution in [0.4, 0.5) is 5.82 Å². The number of nitrogen functional groups attached to an aromatic ring is 1. The number of rotatable bonds is 3. The molecule has 2 N–H and O–H groups in total. The molecule has 2 rings (SSSR count). The van der Waals surface area contributed by atoms with Gasteiger partial charge in [-0.05, 0) is 6.92 Å². The van der Waals surface area contributed by atoms with Crippen molar-refractivity contribution in [2.45, 2.75) is 17.0 Å². The van der Waals surface area contributed by atoms with Gasteiger partial charge in [0.25, 0.3) is 0 Å². The Balaban J connectivity index is 2.11. The van der Waals surface area contributed by atoms with Gasteiger partial charge in [0.2, 0.25) is 0 Å². The van der Waals surface area contributed by atoms with E-state index in [4.69, 9.17) is 5.73 Å². The molecule has 2 aromatic heterocycles. The van der Waals surface area contributed by atoms with Gasteiger partial charge in [-0.25, -0.2) is 0 Å². The van der Waals surface area contributed by atoms with Gasteiger partial charge in [0.1, 0.15) is 11.3 Å². The Morgan fingerprint density at radius 3 is 2.93 bits per heavy atom. The third kappa shape index (κ3) is 2.13. The second-order valence-electron chi connectivity index (χ2n) is 3.07. The summed E-state index contributed by atoms with van der Waals surface area (Å²) < 4.78 is 2.66. The fourth-order valence-corrected chi connectivity index (χ4v) is 2.84. The van der Waals surface area contributed by atoms with Crippen molar-refractivity contribution in [1.82, 2.24) is 20.0 Å². The second kappa shape index (κ2) is 4.19. The zero-order valence-electron chi connectivity index (χ0n) is 8.47. The van der Waals surface area contributed by atoms with Gasteiger partial charge in [-0.3, -0.25) is 4.68 Å². The van der Waals surface area contributed by atoms with Crippen LogP contribution in [0, 0.1) is 6.92 Å². The first-order valence-corrected chi connectivity index (χ1v) is 6.22. The Bertz CT molecular complexity index is 448. The summed E-state index contributed by atoms with van der Waals surface area (Å²) in [4.78, 5) is 0. The van der Waals surface area contributed by atoms with Crippen LogP contribution in [0.25, 0.3) is 0 Å². The van der Waals surface area contributed by atoms with Gasteiger partial charge in [0.15, 0.2) is 4.34 Å². The number of aromatic nitrogens is 4. The lowest BCUT2D eigenvalue weighted by Gasteiger charge is -1.98. The number of aryl methyl sites for hydroxylation is 2. The van der Waals surface area contributed by atoms with E-state index in [1.807, 2.05) is 14.0 Å². The van der Waals surface area contributed by atoms with Gasteiger partial charge in [-0.15, -0.1) is 10.2 Å². The Kier molecular flexibility index (Phi) is 2.92. The van der Waals surface area contributed by atoms with E-state index in [2.05, 4.69) is 15.3 Å². The summed E-state index contributed by atoms with van der Waals surface area (Å²) >= 11 is 3.17. The predicted octanol–water partition coefficient (Wildman–Crippen LogP) is 1.45. The number of nitrogens with two attached hydrogens (primary N) is 1. The van der Waals surface area contributed by atoms with Crippen LogP contribution < -0.4 is 5.73 Å². The molecule has 0 aliphatic rings. The summed E-state index contributed by atoms with van der Waals surface area (Å²) in [7, 11) is 1.85. The van der Waals surface area contributed by atoms with E-state index >= 15 is 0 Å². The van der Waals surface area contributed by atoms with E-state index in [0.29, 0.717) is 0 Å². The maximum Gasteiger partial charge on any atom is 0.174 e. The van der Waals surface area contributed by atoms with Crippen molar-refractivity contribution >= 4 is 28.9 Å². The molecule has 0 aliphatic heterocycles. The quantitative estimate of drug-likeness (QED) is 0.824. The zero-order valence-corrected chi connectivity index (χ0v) is 10.1. The van der Waals surface area contributed by atoms with Gasteiger partial charge in [-0.1, -0.05) is 23.1 Å². The first kappa shape index (κ1) is 10.4. The van der Waals surface area contributed by atoms with E-state index in [1.165, 1.54) is 11.3 Å². The normalized spacial score (nSPS) is 10.8. The topological polar surface area (TPSA) is 69.6 Å². The van der Waals surface area contributed by atoms with Gasteiger partial charge >= 0.3 is 0 Å². The third-order valence-electron chi connectivity index (χ3n) is 2.07. The van der Waals surface area contributed by atoms with Gasteiger partial charge < -0.3 is 5.73 Å². The lowest BCUT2D eigenvalue weighted by Crippen LogP contribution is -1.98. The molecule has 0 spiro atoms. The molecule has 5 nitrogen and oxygen atoms in total. The van der Waals surface area contributed by atoms with Crippen LogP contribution in [0.2, 0.25) is 0 Å². The highest BCUT2D eigenvalue weighted by atomic mass is 32.2. The first-order chi connectivity index (χ1) is 7.18. The molecule has 0 saturated carbocycles. The molecule has 0 aliphatic carbocycles. The molecule has 0 unspecified atom stereocenters. The molecule has 2 aromatic rings. The Hall–Kier alpha value is -1.08. The SMILES string of the molecule is Cc1nn(C)c(N)c1CSc1nncs1.